The lowest BCUT2D eigenvalue weighted by Crippen LogP contribution is -2.23. The topological polar surface area (TPSA) is 44.6 Å². The quantitative estimate of drug-likeness (QED) is 0.385. The smallest absolute Gasteiger partial charge is 0.172 e. The number of nitrogens with zero attached hydrogens (tertiary/aromatic N) is 1. The molecule has 2 aromatic carbocycles. The average molecular weight is 261 g/mol. The maximum atomic E-state index is 9.01. The fourth-order valence-corrected chi connectivity index (χ4v) is 1.71. The van der Waals surface area contributed by atoms with E-state index in [1.807, 2.05) is 54.6 Å². The average Bonchev–Trinajstić information content (AvgIpc) is 2.43. The van der Waals surface area contributed by atoms with Gasteiger partial charge in [-0.15, -0.1) is 0 Å². The third-order valence-electron chi connectivity index (χ3n) is 2.52. The molecular formula is C14H13ClN2O. The largest absolute Gasteiger partial charge is 0.409 e. The Balaban J connectivity index is 2.03. The van der Waals surface area contributed by atoms with Crippen LogP contribution in [0.4, 0.5) is 0 Å². The van der Waals surface area contributed by atoms with Crippen molar-refractivity contribution in [3.63, 3.8) is 0 Å². The molecule has 2 N–H and O–H groups in total. The van der Waals surface area contributed by atoms with E-state index in [0.717, 1.165) is 11.1 Å². The number of hydrogen-bond acceptors (Lipinski definition) is 2. The van der Waals surface area contributed by atoms with Crippen LogP contribution in [-0.2, 0) is 6.54 Å². The van der Waals surface area contributed by atoms with Crippen molar-refractivity contribution in [2.24, 2.45) is 5.16 Å². The van der Waals surface area contributed by atoms with Crippen LogP contribution in [-0.4, -0.2) is 11.0 Å². The van der Waals surface area contributed by atoms with Gasteiger partial charge in [0.2, 0.25) is 0 Å². The zero-order valence-corrected chi connectivity index (χ0v) is 10.4. The lowest BCUT2D eigenvalue weighted by Gasteiger charge is -2.08. The molecule has 0 bridgehead atoms. The first-order valence-corrected chi connectivity index (χ1v) is 5.93. The van der Waals surface area contributed by atoms with Gasteiger partial charge in [-0.2, -0.15) is 0 Å². The minimum absolute atomic E-state index is 0.450. The molecule has 0 aliphatic rings. The first kappa shape index (κ1) is 12.5. The summed E-state index contributed by atoms with van der Waals surface area (Å²) >= 11 is 5.81. The summed E-state index contributed by atoms with van der Waals surface area (Å²) in [6, 6.07) is 17.0. The van der Waals surface area contributed by atoms with E-state index >= 15 is 0 Å². The summed E-state index contributed by atoms with van der Waals surface area (Å²) in [5.74, 6) is 0.450. The zero-order chi connectivity index (χ0) is 12.8. The van der Waals surface area contributed by atoms with Crippen LogP contribution in [0.3, 0.4) is 0 Å². The van der Waals surface area contributed by atoms with Crippen LogP contribution in [0.25, 0.3) is 0 Å². The van der Waals surface area contributed by atoms with Crippen LogP contribution >= 0.6 is 11.6 Å². The second-order valence-electron chi connectivity index (χ2n) is 3.79. The summed E-state index contributed by atoms with van der Waals surface area (Å²) in [7, 11) is 0. The molecule has 0 saturated carbocycles. The molecule has 0 spiro atoms. The van der Waals surface area contributed by atoms with Gasteiger partial charge < -0.3 is 10.5 Å². The van der Waals surface area contributed by atoms with Crippen molar-refractivity contribution >= 4 is 17.4 Å². The SMILES string of the molecule is O/N=C(\NCc1ccc(Cl)cc1)c1ccccc1. The number of oxime groups is 1. The highest BCUT2D eigenvalue weighted by Crippen LogP contribution is 2.09. The normalized spacial score (nSPS) is 11.3. The van der Waals surface area contributed by atoms with Gasteiger partial charge in [0.05, 0.1) is 0 Å². The van der Waals surface area contributed by atoms with E-state index in [1.165, 1.54) is 0 Å². The van der Waals surface area contributed by atoms with E-state index < -0.39 is 0 Å². The zero-order valence-electron chi connectivity index (χ0n) is 9.68. The maximum Gasteiger partial charge on any atom is 0.172 e. The van der Waals surface area contributed by atoms with Gasteiger partial charge in [0.15, 0.2) is 5.84 Å². The Morgan fingerprint density at radius 2 is 1.72 bits per heavy atom. The van der Waals surface area contributed by atoms with Gasteiger partial charge in [-0.3, -0.25) is 0 Å². The van der Waals surface area contributed by atoms with Crippen molar-refractivity contribution in [1.29, 1.82) is 0 Å². The molecule has 0 fully saturated rings. The molecule has 2 aromatic rings. The Morgan fingerprint density at radius 3 is 2.33 bits per heavy atom. The monoisotopic (exact) mass is 260 g/mol. The Bertz CT molecular complexity index is 523. The lowest BCUT2D eigenvalue weighted by atomic mass is 10.2. The molecule has 0 unspecified atom stereocenters. The maximum absolute atomic E-state index is 9.01. The Hall–Kier alpha value is -2.00. The lowest BCUT2D eigenvalue weighted by molar-refractivity contribution is 0.317. The molecular weight excluding hydrogens is 248 g/mol. The van der Waals surface area contributed by atoms with Gasteiger partial charge in [-0.1, -0.05) is 59.2 Å². The summed E-state index contributed by atoms with van der Waals surface area (Å²) in [6.07, 6.45) is 0. The standard InChI is InChI=1S/C14H13ClN2O/c15-13-8-6-11(7-9-13)10-16-14(17-18)12-4-2-1-3-5-12/h1-9,18H,10H2,(H,16,17). The minimum Gasteiger partial charge on any atom is -0.409 e. The summed E-state index contributed by atoms with van der Waals surface area (Å²) in [4.78, 5) is 0. The van der Waals surface area contributed by atoms with Crippen LogP contribution < -0.4 is 5.32 Å². The third kappa shape index (κ3) is 3.25. The van der Waals surface area contributed by atoms with E-state index in [9.17, 15) is 0 Å². The number of hydrogen-bond donors (Lipinski definition) is 2. The molecule has 4 heteroatoms. The molecule has 0 aliphatic heterocycles. The van der Waals surface area contributed by atoms with Crippen LogP contribution in [0.15, 0.2) is 59.8 Å². The van der Waals surface area contributed by atoms with Crippen LogP contribution in [0.1, 0.15) is 11.1 Å². The molecule has 0 aromatic heterocycles. The predicted molar refractivity (Wildman–Crippen MR) is 73.1 cm³/mol. The molecule has 0 amide bonds. The van der Waals surface area contributed by atoms with E-state index in [0.29, 0.717) is 17.4 Å². The van der Waals surface area contributed by atoms with Crippen molar-refractivity contribution in [2.75, 3.05) is 0 Å². The van der Waals surface area contributed by atoms with Gasteiger partial charge in [-0.05, 0) is 17.7 Å². The van der Waals surface area contributed by atoms with Gasteiger partial charge in [0.1, 0.15) is 0 Å². The summed E-state index contributed by atoms with van der Waals surface area (Å²) in [5.41, 5.74) is 1.91. The van der Waals surface area contributed by atoms with Gasteiger partial charge >= 0.3 is 0 Å². The van der Waals surface area contributed by atoms with Crippen molar-refractivity contribution in [3.05, 3.63) is 70.7 Å². The number of nitrogens with one attached hydrogen (secondary N) is 1. The molecule has 0 atom stereocenters. The van der Waals surface area contributed by atoms with Gasteiger partial charge in [-0.25, -0.2) is 0 Å². The molecule has 92 valence electrons. The van der Waals surface area contributed by atoms with Gasteiger partial charge in [0.25, 0.3) is 0 Å². The highest BCUT2D eigenvalue weighted by Gasteiger charge is 2.02. The number of amidine groups is 1. The summed E-state index contributed by atoms with van der Waals surface area (Å²) < 4.78 is 0. The van der Waals surface area contributed by atoms with E-state index in [4.69, 9.17) is 16.8 Å². The van der Waals surface area contributed by atoms with Crippen LogP contribution in [0.2, 0.25) is 5.02 Å². The van der Waals surface area contributed by atoms with Crippen LogP contribution in [0.5, 0.6) is 0 Å². The molecule has 0 saturated heterocycles. The highest BCUT2D eigenvalue weighted by atomic mass is 35.5. The molecule has 0 aliphatic carbocycles. The first-order chi connectivity index (χ1) is 8.79. The number of halogens is 1. The number of benzene rings is 2. The Morgan fingerprint density at radius 1 is 1.06 bits per heavy atom. The molecule has 18 heavy (non-hydrogen) atoms. The molecule has 0 heterocycles. The molecule has 3 nitrogen and oxygen atoms in total. The van der Waals surface area contributed by atoms with Crippen molar-refractivity contribution < 1.29 is 5.21 Å². The Kier molecular flexibility index (Phi) is 4.20. The van der Waals surface area contributed by atoms with E-state index in [2.05, 4.69) is 10.5 Å². The fraction of sp³-hybridized carbons (Fsp3) is 0.0714. The highest BCUT2D eigenvalue weighted by molar-refractivity contribution is 6.30. The second kappa shape index (κ2) is 6.07. The van der Waals surface area contributed by atoms with Gasteiger partial charge in [0, 0.05) is 17.1 Å². The van der Waals surface area contributed by atoms with Crippen molar-refractivity contribution in [3.8, 4) is 0 Å². The summed E-state index contributed by atoms with van der Waals surface area (Å²) in [6.45, 7) is 0.575. The third-order valence-corrected chi connectivity index (χ3v) is 2.77. The second-order valence-corrected chi connectivity index (χ2v) is 4.23. The Labute approximate surface area is 111 Å². The van der Waals surface area contributed by atoms with Crippen molar-refractivity contribution in [1.82, 2.24) is 5.32 Å². The molecule has 2 rings (SSSR count). The molecule has 0 radical (unpaired) electrons. The van der Waals surface area contributed by atoms with Crippen molar-refractivity contribution in [2.45, 2.75) is 6.54 Å². The predicted octanol–water partition coefficient (Wildman–Crippen LogP) is 3.27. The van der Waals surface area contributed by atoms with E-state index in [1.54, 1.807) is 0 Å². The summed E-state index contributed by atoms with van der Waals surface area (Å²) in [5, 5.41) is 16.1. The van der Waals surface area contributed by atoms with Crippen LogP contribution in [0, 0.1) is 0 Å². The first-order valence-electron chi connectivity index (χ1n) is 5.55. The fourth-order valence-electron chi connectivity index (χ4n) is 1.58. The van der Waals surface area contributed by atoms with E-state index in [-0.39, 0.29) is 0 Å². The minimum atomic E-state index is 0.450. The number of rotatable bonds is 3.